The number of nitrogens with one attached hydrogen (secondary N) is 1. The highest BCUT2D eigenvalue weighted by Gasteiger charge is 2.61. The largest absolute Gasteiger partial charge is 0.381 e. The summed E-state index contributed by atoms with van der Waals surface area (Å²) in [4.78, 5) is 12.4. The number of amides is 1. The standard InChI is InChI=1S/C16H27NO2/c1-15(2)12-4-7-16(15,3)13(10-12)17-14(18)11-5-8-19-9-6-11/h11-13H,4-10H2,1-3H3,(H,17,18). The van der Waals surface area contributed by atoms with Crippen LogP contribution >= 0.6 is 0 Å². The molecule has 1 amide bonds. The van der Waals surface area contributed by atoms with Crippen LogP contribution in [0.5, 0.6) is 0 Å². The van der Waals surface area contributed by atoms with Crippen LogP contribution in [-0.2, 0) is 9.53 Å². The van der Waals surface area contributed by atoms with Crippen molar-refractivity contribution in [3.05, 3.63) is 0 Å². The van der Waals surface area contributed by atoms with Gasteiger partial charge in [-0.25, -0.2) is 0 Å². The second-order valence-corrected chi connectivity index (χ2v) is 7.56. The highest BCUT2D eigenvalue weighted by Crippen LogP contribution is 2.65. The molecule has 1 aliphatic heterocycles. The zero-order chi connectivity index (χ0) is 13.7. The Morgan fingerprint density at radius 3 is 2.37 bits per heavy atom. The van der Waals surface area contributed by atoms with E-state index in [1.807, 2.05) is 0 Å². The van der Waals surface area contributed by atoms with Gasteiger partial charge in [-0.15, -0.1) is 0 Å². The van der Waals surface area contributed by atoms with Gasteiger partial charge in [0.2, 0.25) is 5.91 Å². The lowest BCUT2D eigenvalue weighted by Crippen LogP contribution is -2.49. The fraction of sp³-hybridized carbons (Fsp3) is 0.938. The van der Waals surface area contributed by atoms with Crippen LogP contribution in [0.4, 0.5) is 0 Å². The first-order chi connectivity index (χ1) is 8.95. The molecular formula is C16H27NO2. The molecule has 2 bridgehead atoms. The van der Waals surface area contributed by atoms with E-state index < -0.39 is 0 Å². The first-order valence-corrected chi connectivity index (χ1v) is 7.83. The minimum atomic E-state index is 0.180. The Morgan fingerprint density at radius 2 is 1.84 bits per heavy atom. The molecule has 3 atom stereocenters. The van der Waals surface area contributed by atoms with Crippen molar-refractivity contribution >= 4 is 5.91 Å². The molecule has 2 saturated carbocycles. The van der Waals surface area contributed by atoms with Crippen LogP contribution in [0.15, 0.2) is 0 Å². The molecule has 3 rings (SSSR count). The predicted octanol–water partition coefficient (Wildman–Crippen LogP) is 2.74. The summed E-state index contributed by atoms with van der Waals surface area (Å²) in [6, 6.07) is 0.386. The molecule has 0 aromatic heterocycles. The van der Waals surface area contributed by atoms with Crippen LogP contribution < -0.4 is 5.32 Å². The highest BCUT2D eigenvalue weighted by atomic mass is 16.5. The van der Waals surface area contributed by atoms with Crippen molar-refractivity contribution in [2.75, 3.05) is 13.2 Å². The van der Waals surface area contributed by atoms with E-state index in [0.29, 0.717) is 16.9 Å². The summed E-state index contributed by atoms with van der Waals surface area (Å²) >= 11 is 0. The highest BCUT2D eigenvalue weighted by molar-refractivity contribution is 5.79. The molecule has 108 valence electrons. The van der Waals surface area contributed by atoms with Gasteiger partial charge in [0.25, 0.3) is 0 Å². The summed E-state index contributed by atoms with van der Waals surface area (Å²) in [6.07, 6.45) is 5.57. The van der Waals surface area contributed by atoms with Crippen molar-refractivity contribution in [1.29, 1.82) is 0 Å². The van der Waals surface area contributed by atoms with Crippen molar-refractivity contribution < 1.29 is 9.53 Å². The second kappa shape index (κ2) is 4.47. The van der Waals surface area contributed by atoms with Crippen LogP contribution in [0.2, 0.25) is 0 Å². The third-order valence-corrected chi connectivity index (χ3v) is 6.70. The summed E-state index contributed by atoms with van der Waals surface area (Å²) in [7, 11) is 0. The molecule has 1 N–H and O–H groups in total. The number of rotatable bonds is 2. The molecule has 19 heavy (non-hydrogen) atoms. The zero-order valence-electron chi connectivity index (χ0n) is 12.5. The molecule has 0 radical (unpaired) electrons. The third-order valence-electron chi connectivity index (χ3n) is 6.70. The van der Waals surface area contributed by atoms with E-state index in [0.717, 1.165) is 32.0 Å². The van der Waals surface area contributed by atoms with E-state index in [1.54, 1.807) is 0 Å². The van der Waals surface area contributed by atoms with Gasteiger partial charge in [0, 0.05) is 25.2 Å². The first-order valence-electron chi connectivity index (χ1n) is 7.83. The Morgan fingerprint density at radius 1 is 1.16 bits per heavy atom. The number of hydrogen-bond donors (Lipinski definition) is 1. The lowest BCUT2D eigenvalue weighted by atomic mass is 9.69. The second-order valence-electron chi connectivity index (χ2n) is 7.56. The summed E-state index contributed by atoms with van der Waals surface area (Å²) in [5, 5.41) is 3.38. The van der Waals surface area contributed by atoms with E-state index in [2.05, 4.69) is 26.1 Å². The normalized spacial score (nSPS) is 41.4. The van der Waals surface area contributed by atoms with Crippen LogP contribution in [-0.4, -0.2) is 25.2 Å². The number of carbonyl (C=O) groups is 1. The van der Waals surface area contributed by atoms with Gasteiger partial charge in [-0.3, -0.25) is 4.79 Å². The molecule has 3 nitrogen and oxygen atoms in total. The monoisotopic (exact) mass is 265 g/mol. The fourth-order valence-electron chi connectivity index (χ4n) is 4.67. The average Bonchev–Trinajstić information content (AvgIpc) is 2.73. The zero-order valence-corrected chi connectivity index (χ0v) is 12.5. The van der Waals surface area contributed by atoms with Crippen molar-refractivity contribution in [1.82, 2.24) is 5.32 Å². The molecule has 3 unspecified atom stereocenters. The van der Waals surface area contributed by atoms with Crippen molar-refractivity contribution in [3.63, 3.8) is 0 Å². The molecule has 2 aliphatic carbocycles. The van der Waals surface area contributed by atoms with Crippen molar-refractivity contribution in [2.24, 2.45) is 22.7 Å². The Labute approximate surface area is 116 Å². The van der Waals surface area contributed by atoms with Crippen molar-refractivity contribution in [2.45, 2.75) is 58.9 Å². The molecule has 0 spiro atoms. The molecule has 3 aliphatic rings. The van der Waals surface area contributed by atoms with E-state index in [4.69, 9.17) is 4.74 Å². The number of hydrogen-bond acceptors (Lipinski definition) is 2. The maximum atomic E-state index is 12.4. The van der Waals surface area contributed by atoms with Gasteiger partial charge >= 0.3 is 0 Å². The fourth-order valence-corrected chi connectivity index (χ4v) is 4.67. The van der Waals surface area contributed by atoms with Gasteiger partial charge < -0.3 is 10.1 Å². The van der Waals surface area contributed by atoms with E-state index >= 15 is 0 Å². The molecule has 0 aromatic carbocycles. The average molecular weight is 265 g/mol. The smallest absolute Gasteiger partial charge is 0.223 e. The van der Waals surface area contributed by atoms with Gasteiger partial charge in [0.05, 0.1) is 0 Å². The Balaban J connectivity index is 1.66. The van der Waals surface area contributed by atoms with E-state index in [9.17, 15) is 4.79 Å². The number of fused-ring (bicyclic) bond motifs is 2. The maximum Gasteiger partial charge on any atom is 0.223 e. The molecular weight excluding hydrogens is 238 g/mol. The Hall–Kier alpha value is -0.570. The van der Waals surface area contributed by atoms with Crippen LogP contribution in [0.3, 0.4) is 0 Å². The minimum Gasteiger partial charge on any atom is -0.381 e. The predicted molar refractivity (Wildman–Crippen MR) is 74.7 cm³/mol. The molecule has 0 aromatic rings. The van der Waals surface area contributed by atoms with E-state index in [-0.39, 0.29) is 11.8 Å². The minimum absolute atomic E-state index is 0.180. The van der Waals surface area contributed by atoms with Gasteiger partial charge in [-0.1, -0.05) is 20.8 Å². The number of carbonyl (C=O) groups excluding carboxylic acids is 1. The van der Waals surface area contributed by atoms with Gasteiger partial charge in [-0.05, 0) is 48.9 Å². The molecule has 3 fully saturated rings. The Kier molecular flexibility index (Phi) is 3.16. The third kappa shape index (κ3) is 1.93. The number of ether oxygens (including phenoxy) is 1. The lowest BCUT2D eigenvalue weighted by molar-refractivity contribution is -0.129. The quantitative estimate of drug-likeness (QED) is 0.833. The van der Waals surface area contributed by atoms with Crippen LogP contribution in [0.25, 0.3) is 0 Å². The van der Waals surface area contributed by atoms with Gasteiger partial charge in [0.1, 0.15) is 0 Å². The van der Waals surface area contributed by atoms with Gasteiger partial charge in [0.15, 0.2) is 0 Å². The van der Waals surface area contributed by atoms with Crippen molar-refractivity contribution in [3.8, 4) is 0 Å². The van der Waals surface area contributed by atoms with Crippen LogP contribution in [0, 0.1) is 22.7 Å². The molecule has 1 saturated heterocycles. The summed E-state index contributed by atoms with van der Waals surface area (Å²) in [5.74, 6) is 1.25. The Bertz CT molecular complexity index is 373. The van der Waals surface area contributed by atoms with Gasteiger partial charge in [-0.2, -0.15) is 0 Å². The lowest BCUT2D eigenvalue weighted by Gasteiger charge is -2.40. The molecule has 1 heterocycles. The summed E-state index contributed by atoms with van der Waals surface area (Å²) in [6.45, 7) is 8.66. The summed E-state index contributed by atoms with van der Waals surface area (Å²) in [5.41, 5.74) is 0.666. The van der Waals surface area contributed by atoms with Crippen LogP contribution in [0.1, 0.15) is 52.9 Å². The summed E-state index contributed by atoms with van der Waals surface area (Å²) < 4.78 is 5.34. The van der Waals surface area contributed by atoms with E-state index in [1.165, 1.54) is 19.3 Å². The SMILES string of the molecule is CC1(C)C2CCC1(C)C(NC(=O)C1CCOCC1)C2. The topological polar surface area (TPSA) is 38.3 Å². The molecule has 3 heteroatoms. The first kappa shape index (κ1) is 13.4. The maximum absolute atomic E-state index is 12.4.